The fourth-order valence-corrected chi connectivity index (χ4v) is 2.38. The van der Waals surface area contributed by atoms with Crippen molar-refractivity contribution in [3.63, 3.8) is 0 Å². The molecule has 0 spiro atoms. The molecule has 82 valence electrons. The van der Waals surface area contributed by atoms with Crippen LogP contribution in [0.2, 0.25) is 0 Å². The number of ether oxygens (including phenoxy) is 1. The van der Waals surface area contributed by atoms with E-state index in [1.807, 2.05) is 6.08 Å². The Kier molecular flexibility index (Phi) is 2.77. The first-order valence-corrected chi connectivity index (χ1v) is 5.19. The highest BCUT2D eigenvalue weighted by atomic mass is 16.5. The molecule has 0 amide bonds. The standard InChI is InChI=1S/C11H16N2O2/c1-3-6-13-9-4-5-10(13)12-7-8(9)11(14)15-2/h3,7,9-10,12H,1,4-6H2,2H3/t9-,10+/m0/s1. The van der Waals surface area contributed by atoms with Gasteiger partial charge in [-0.1, -0.05) is 6.08 Å². The number of carbonyl (C=O) groups is 1. The van der Waals surface area contributed by atoms with Crippen LogP contribution in [-0.2, 0) is 9.53 Å². The van der Waals surface area contributed by atoms with Gasteiger partial charge in [0, 0.05) is 18.8 Å². The molecule has 1 fully saturated rings. The Balaban J connectivity index is 2.18. The number of methoxy groups -OCH3 is 1. The fraction of sp³-hybridized carbons (Fsp3) is 0.545. The molecule has 0 aromatic rings. The van der Waals surface area contributed by atoms with E-state index in [1.54, 1.807) is 6.20 Å². The molecule has 2 heterocycles. The third-order valence-electron chi connectivity index (χ3n) is 3.07. The number of carbonyl (C=O) groups excluding carboxylic acids is 1. The Morgan fingerprint density at radius 2 is 2.60 bits per heavy atom. The minimum Gasteiger partial charge on any atom is -0.466 e. The van der Waals surface area contributed by atoms with Gasteiger partial charge >= 0.3 is 5.97 Å². The smallest absolute Gasteiger partial charge is 0.336 e. The van der Waals surface area contributed by atoms with Crippen molar-refractivity contribution in [2.75, 3.05) is 13.7 Å². The van der Waals surface area contributed by atoms with Crippen molar-refractivity contribution >= 4 is 5.97 Å². The average Bonchev–Trinajstić information content (AvgIpc) is 2.51. The molecule has 15 heavy (non-hydrogen) atoms. The zero-order chi connectivity index (χ0) is 10.8. The number of nitrogens with zero attached hydrogens (tertiary/aromatic N) is 1. The normalized spacial score (nSPS) is 29.3. The van der Waals surface area contributed by atoms with E-state index in [1.165, 1.54) is 7.11 Å². The summed E-state index contributed by atoms with van der Waals surface area (Å²) in [6.45, 7) is 4.54. The maximum absolute atomic E-state index is 11.5. The Morgan fingerprint density at radius 3 is 3.27 bits per heavy atom. The van der Waals surface area contributed by atoms with Gasteiger partial charge in [-0.2, -0.15) is 0 Å². The number of fused-ring (bicyclic) bond motifs is 2. The molecule has 2 bridgehead atoms. The molecule has 2 aliphatic rings. The van der Waals surface area contributed by atoms with Crippen LogP contribution >= 0.6 is 0 Å². The second-order valence-corrected chi connectivity index (χ2v) is 3.85. The zero-order valence-corrected chi connectivity index (χ0v) is 8.90. The first kappa shape index (κ1) is 10.2. The molecule has 0 aromatic heterocycles. The first-order valence-electron chi connectivity index (χ1n) is 5.19. The van der Waals surface area contributed by atoms with Crippen LogP contribution in [0.4, 0.5) is 0 Å². The third kappa shape index (κ3) is 1.65. The molecule has 0 unspecified atom stereocenters. The van der Waals surface area contributed by atoms with E-state index in [4.69, 9.17) is 4.74 Å². The maximum Gasteiger partial charge on any atom is 0.336 e. The van der Waals surface area contributed by atoms with Crippen molar-refractivity contribution in [3.05, 3.63) is 24.4 Å². The topological polar surface area (TPSA) is 41.6 Å². The number of hydrogen-bond acceptors (Lipinski definition) is 4. The van der Waals surface area contributed by atoms with Gasteiger partial charge in [0.15, 0.2) is 0 Å². The maximum atomic E-state index is 11.5. The Hall–Kier alpha value is -1.29. The summed E-state index contributed by atoms with van der Waals surface area (Å²) in [5.41, 5.74) is 0.730. The van der Waals surface area contributed by atoms with Gasteiger partial charge < -0.3 is 10.1 Å². The van der Waals surface area contributed by atoms with Crippen LogP contribution < -0.4 is 5.32 Å². The van der Waals surface area contributed by atoms with E-state index in [0.29, 0.717) is 6.17 Å². The van der Waals surface area contributed by atoms with Crippen LogP contribution in [-0.4, -0.2) is 36.7 Å². The number of rotatable bonds is 3. The second kappa shape index (κ2) is 4.06. The van der Waals surface area contributed by atoms with Crippen LogP contribution in [0, 0.1) is 0 Å². The summed E-state index contributed by atoms with van der Waals surface area (Å²) in [5, 5.41) is 3.23. The molecule has 2 atom stereocenters. The molecular weight excluding hydrogens is 192 g/mol. The number of nitrogens with one attached hydrogen (secondary N) is 1. The number of hydrogen-bond donors (Lipinski definition) is 1. The quantitative estimate of drug-likeness (QED) is 0.545. The van der Waals surface area contributed by atoms with E-state index in [-0.39, 0.29) is 12.0 Å². The van der Waals surface area contributed by atoms with Crippen molar-refractivity contribution in [1.82, 2.24) is 10.2 Å². The second-order valence-electron chi connectivity index (χ2n) is 3.85. The highest BCUT2D eigenvalue weighted by Gasteiger charge is 2.40. The van der Waals surface area contributed by atoms with Crippen LogP contribution in [0.25, 0.3) is 0 Å². The minimum atomic E-state index is -0.234. The molecular formula is C11H16N2O2. The molecule has 2 rings (SSSR count). The van der Waals surface area contributed by atoms with Crippen molar-refractivity contribution in [3.8, 4) is 0 Å². The summed E-state index contributed by atoms with van der Waals surface area (Å²) in [6.07, 6.45) is 6.09. The van der Waals surface area contributed by atoms with E-state index in [0.717, 1.165) is 25.0 Å². The molecule has 0 saturated carbocycles. The first-order chi connectivity index (χ1) is 7.27. The summed E-state index contributed by atoms with van der Waals surface area (Å²) >= 11 is 0. The summed E-state index contributed by atoms with van der Waals surface area (Å²) in [4.78, 5) is 13.8. The van der Waals surface area contributed by atoms with E-state index in [2.05, 4.69) is 16.8 Å². The van der Waals surface area contributed by atoms with E-state index in [9.17, 15) is 4.79 Å². The monoisotopic (exact) mass is 208 g/mol. The molecule has 1 saturated heterocycles. The lowest BCUT2D eigenvalue weighted by molar-refractivity contribution is -0.137. The zero-order valence-electron chi connectivity index (χ0n) is 8.90. The van der Waals surface area contributed by atoms with Crippen molar-refractivity contribution in [1.29, 1.82) is 0 Å². The van der Waals surface area contributed by atoms with Crippen molar-refractivity contribution < 1.29 is 9.53 Å². The van der Waals surface area contributed by atoms with E-state index >= 15 is 0 Å². The van der Waals surface area contributed by atoms with Crippen molar-refractivity contribution in [2.24, 2.45) is 0 Å². The largest absolute Gasteiger partial charge is 0.466 e. The average molecular weight is 208 g/mol. The summed E-state index contributed by atoms with van der Waals surface area (Å²) in [7, 11) is 1.42. The third-order valence-corrected chi connectivity index (χ3v) is 3.07. The van der Waals surface area contributed by atoms with Gasteiger partial charge in [0.1, 0.15) is 0 Å². The van der Waals surface area contributed by atoms with Gasteiger partial charge in [-0.25, -0.2) is 4.79 Å². The molecule has 1 N–H and O–H groups in total. The predicted molar refractivity (Wildman–Crippen MR) is 56.9 cm³/mol. The summed E-state index contributed by atoms with van der Waals surface area (Å²) in [5.74, 6) is -0.234. The molecule has 0 radical (unpaired) electrons. The molecule has 4 nitrogen and oxygen atoms in total. The molecule has 4 heteroatoms. The SMILES string of the molecule is C=CCN1[C@@H]2CC[C@H]1C(C(=O)OC)=CN2. The Morgan fingerprint density at radius 1 is 1.80 bits per heavy atom. The molecule has 0 aliphatic carbocycles. The van der Waals surface area contributed by atoms with Crippen LogP contribution in [0.1, 0.15) is 12.8 Å². The molecule has 2 aliphatic heterocycles. The Bertz CT molecular complexity index is 312. The van der Waals surface area contributed by atoms with Gasteiger partial charge in [0.05, 0.1) is 18.8 Å². The van der Waals surface area contributed by atoms with Crippen LogP contribution in [0.5, 0.6) is 0 Å². The molecule has 0 aromatic carbocycles. The van der Waals surface area contributed by atoms with E-state index < -0.39 is 0 Å². The lowest BCUT2D eigenvalue weighted by atomic mass is 10.1. The minimum absolute atomic E-state index is 0.196. The fourth-order valence-electron chi connectivity index (χ4n) is 2.38. The lowest BCUT2D eigenvalue weighted by Crippen LogP contribution is -2.48. The van der Waals surface area contributed by atoms with Crippen molar-refractivity contribution in [2.45, 2.75) is 25.0 Å². The van der Waals surface area contributed by atoms with Gasteiger partial charge in [0.25, 0.3) is 0 Å². The predicted octanol–water partition coefficient (Wildman–Crippen LogP) is 0.623. The summed E-state index contributed by atoms with van der Waals surface area (Å²) < 4.78 is 4.77. The van der Waals surface area contributed by atoms with Gasteiger partial charge in [-0.3, -0.25) is 4.90 Å². The number of esters is 1. The summed E-state index contributed by atoms with van der Waals surface area (Å²) in [6, 6.07) is 0.196. The van der Waals surface area contributed by atoms with Gasteiger partial charge in [-0.05, 0) is 12.8 Å². The lowest BCUT2D eigenvalue weighted by Gasteiger charge is -2.33. The van der Waals surface area contributed by atoms with Crippen LogP contribution in [0.3, 0.4) is 0 Å². The van der Waals surface area contributed by atoms with Gasteiger partial charge in [-0.15, -0.1) is 6.58 Å². The highest BCUT2D eigenvalue weighted by Crippen LogP contribution is 2.31. The van der Waals surface area contributed by atoms with Gasteiger partial charge in [0.2, 0.25) is 0 Å². The highest BCUT2D eigenvalue weighted by molar-refractivity contribution is 5.90. The van der Waals surface area contributed by atoms with Crippen LogP contribution in [0.15, 0.2) is 24.4 Å². The Labute approximate surface area is 89.6 Å².